The molecule has 2 aromatic heterocycles. The maximum atomic E-state index is 12.1. The summed E-state index contributed by atoms with van der Waals surface area (Å²) in [6.45, 7) is 3.99. The average Bonchev–Trinajstić information content (AvgIpc) is 3.22. The number of amides is 1. The summed E-state index contributed by atoms with van der Waals surface area (Å²) >= 11 is 7.31. The molecule has 28 heavy (non-hydrogen) atoms. The van der Waals surface area contributed by atoms with Gasteiger partial charge in [-0.1, -0.05) is 35.4 Å². The number of hydrogen-bond acceptors (Lipinski definition) is 5. The second-order valence-electron chi connectivity index (χ2n) is 6.36. The van der Waals surface area contributed by atoms with E-state index in [-0.39, 0.29) is 18.5 Å². The molecule has 2 heterocycles. The molecule has 2 aromatic carbocycles. The van der Waals surface area contributed by atoms with Crippen LogP contribution in [0.4, 0.5) is 5.95 Å². The largest absolute Gasteiger partial charge is 0.484 e. The van der Waals surface area contributed by atoms with E-state index in [4.69, 9.17) is 16.3 Å². The average molecular weight is 413 g/mol. The first-order valence-electron chi connectivity index (χ1n) is 8.60. The molecule has 0 saturated heterocycles. The van der Waals surface area contributed by atoms with Crippen molar-refractivity contribution in [3.8, 4) is 17.0 Å². The van der Waals surface area contributed by atoms with E-state index in [0.717, 1.165) is 16.8 Å². The van der Waals surface area contributed by atoms with Crippen LogP contribution in [0.15, 0.2) is 47.8 Å². The highest BCUT2D eigenvalue weighted by Gasteiger charge is 2.15. The highest BCUT2D eigenvalue weighted by Crippen LogP contribution is 2.28. The van der Waals surface area contributed by atoms with Crippen molar-refractivity contribution in [3.05, 3.63) is 64.0 Å². The third-order valence-electron chi connectivity index (χ3n) is 4.17. The Morgan fingerprint density at radius 3 is 2.75 bits per heavy atom. The van der Waals surface area contributed by atoms with Gasteiger partial charge in [0.05, 0.1) is 5.69 Å². The fourth-order valence-electron chi connectivity index (χ4n) is 2.86. The summed E-state index contributed by atoms with van der Waals surface area (Å²) in [6.07, 6.45) is 0. The molecule has 0 aliphatic carbocycles. The predicted octanol–water partition coefficient (Wildman–Crippen LogP) is 4.75. The number of halogens is 1. The Labute approximate surface area is 170 Å². The molecule has 1 amide bonds. The monoisotopic (exact) mass is 412 g/mol. The van der Waals surface area contributed by atoms with Crippen LogP contribution in [-0.2, 0) is 4.79 Å². The van der Waals surface area contributed by atoms with Crippen molar-refractivity contribution in [2.24, 2.45) is 0 Å². The number of aromatic nitrogens is 3. The van der Waals surface area contributed by atoms with Gasteiger partial charge in [-0.05, 0) is 43.7 Å². The number of ether oxygens (including phenoxy) is 1. The summed E-state index contributed by atoms with van der Waals surface area (Å²) in [5, 5.41) is 9.73. The highest BCUT2D eigenvalue weighted by molar-refractivity contribution is 7.15. The van der Waals surface area contributed by atoms with Gasteiger partial charge in [0.25, 0.3) is 11.9 Å². The normalized spacial score (nSPS) is 11.0. The number of benzene rings is 2. The van der Waals surface area contributed by atoms with Crippen LogP contribution in [-0.4, -0.2) is 27.1 Å². The number of hydrogen-bond donors (Lipinski definition) is 1. The summed E-state index contributed by atoms with van der Waals surface area (Å²) in [5.41, 5.74) is 4.41. The summed E-state index contributed by atoms with van der Waals surface area (Å²) in [7, 11) is 0. The van der Waals surface area contributed by atoms with Crippen LogP contribution in [0, 0.1) is 13.8 Å². The first-order chi connectivity index (χ1) is 13.5. The fraction of sp³-hybridized carbons (Fsp3) is 0.150. The van der Waals surface area contributed by atoms with Crippen LogP contribution in [0.1, 0.15) is 11.1 Å². The zero-order valence-electron chi connectivity index (χ0n) is 15.3. The van der Waals surface area contributed by atoms with Gasteiger partial charge in [-0.15, -0.1) is 16.4 Å². The van der Waals surface area contributed by atoms with E-state index in [1.165, 1.54) is 16.9 Å². The fourth-order valence-corrected chi connectivity index (χ4v) is 3.81. The van der Waals surface area contributed by atoms with Crippen molar-refractivity contribution in [2.75, 3.05) is 11.9 Å². The molecule has 0 fully saturated rings. The molecule has 6 nitrogen and oxygen atoms in total. The van der Waals surface area contributed by atoms with Gasteiger partial charge < -0.3 is 4.74 Å². The van der Waals surface area contributed by atoms with Gasteiger partial charge in [0.2, 0.25) is 4.96 Å². The van der Waals surface area contributed by atoms with Crippen LogP contribution in [0.3, 0.4) is 0 Å². The number of nitrogens with zero attached hydrogens (tertiary/aromatic N) is 3. The van der Waals surface area contributed by atoms with Crippen molar-refractivity contribution in [1.82, 2.24) is 14.6 Å². The lowest BCUT2D eigenvalue weighted by molar-refractivity contribution is -0.118. The molecule has 0 radical (unpaired) electrons. The first kappa shape index (κ1) is 18.5. The second kappa shape index (κ2) is 7.61. The van der Waals surface area contributed by atoms with Gasteiger partial charge in [-0.2, -0.15) is 4.98 Å². The van der Waals surface area contributed by atoms with Crippen LogP contribution in [0.2, 0.25) is 5.02 Å². The van der Waals surface area contributed by atoms with Crippen LogP contribution in [0.5, 0.6) is 5.75 Å². The maximum Gasteiger partial charge on any atom is 0.264 e. The molecule has 142 valence electrons. The number of anilines is 1. The van der Waals surface area contributed by atoms with E-state index >= 15 is 0 Å². The Balaban J connectivity index is 1.48. The van der Waals surface area contributed by atoms with Gasteiger partial charge >= 0.3 is 0 Å². The lowest BCUT2D eigenvalue weighted by Gasteiger charge is -2.06. The number of fused-ring (bicyclic) bond motifs is 1. The van der Waals surface area contributed by atoms with Crippen molar-refractivity contribution >= 4 is 39.8 Å². The smallest absolute Gasteiger partial charge is 0.264 e. The molecule has 4 aromatic rings. The molecular formula is C20H17ClN4O2S. The van der Waals surface area contributed by atoms with Gasteiger partial charge in [-0.25, -0.2) is 4.52 Å². The van der Waals surface area contributed by atoms with E-state index in [9.17, 15) is 4.79 Å². The van der Waals surface area contributed by atoms with E-state index < -0.39 is 0 Å². The van der Waals surface area contributed by atoms with Gasteiger partial charge in [0.15, 0.2) is 6.61 Å². The lowest BCUT2D eigenvalue weighted by Crippen LogP contribution is -2.20. The molecule has 0 saturated carbocycles. The van der Waals surface area contributed by atoms with Gasteiger partial charge in [0, 0.05) is 16.0 Å². The Hall–Kier alpha value is -2.90. The van der Waals surface area contributed by atoms with Gasteiger partial charge in [-0.3, -0.25) is 10.1 Å². The minimum atomic E-state index is -0.332. The predicted molar refractivity (Wildman–Crippen MR) is 111 cm³/mol. The summed E-state index contributed by atoms with van der Waals surface area (Å²) in [4.78, 5) is 17.2. The highest BCUT2D eigenvalue weighted by atomic mass is 35.5. The standard InChI is InChI=1S/C20H17ClN4O2S/c1-12-3-8-16(13(2)9-12)17-11-28-20-23-19(24-25(17)20)22-18(26)10-27-15-6-4-14(21)5-7-15/h3-9,11H,10H2,1-2H3,(H,22,24,26). The third kappa shape index (κ3) is 3.85. The van der Waals surface area contributed by atoms with Crippen molar-refractivity contribution in [3.63, 3.8) is 0 Å². The Morgan fingerprint density at radius 2 is 2.00 bits per heavy atom. The third-order valence-corrected chi connectivity index (χ3v) is 5.24. The second-order valence-corrected chi connectivity index (χ2v) is 7.63. The molecule has 0 bridgehead atoms. The first-order valence-corrected chi connectivity index (χ1v) is 9.85. The number of carbonyl (C=O) groups is 1. The molecule has 0 aliphatic rings. The summed E-state index contributed by atoms with van der Waals surface area (Å²) in [6, 6.07) is 13.1. The van der Waals surface area contributed by atoms with Crippen molar-refractivity contribution in [2.45, 2.75) is 13.8 Å². The van der Waals surface area contributed by atoms with Crippen molar-refractivity contribution < 1.29 is 9.53 Å². The molecule has 0 aliphatic heterocycles. The topological polar surface area (TPSA) is 68.5 Å². The minimum absolute atomic E-state index is 0.140. The molecular weight excluding hydrogens is 396 g/mol. The maximum absolute atomic E-state index is 12.1. The zero-order chi connectivity index (χ0) is 19.7. The van der Waals surface area contributed by atoms with Crippen molar-refractivity contribution in [1.29, 1.82) is 0 Å². The molecule has 0 atom stereocenters. The number of carbonyl (C=O) groups excluding carboxylic acids is 1. The number of thiazole rings is 1. The van der Waals surface area contributed by atoms with Crippen LogP contribution < -0.4 is 10.1 Å². The lowest BCUT2D eigenvalue weighted by atomic mass is 10.0. The molecule has 8 heteroatoms. The van der Waals surface area contributed by atoms with E-state index in [1.54, 1.807) is 28.8 Å². The van der Waals surface area contributed by atoms with Crippen LogP contribution in [0.25, 0.3) is 16.2 Å². The number of nitrogens with one attached hydrogen (secondary N) is 1. The van der Waals surface area contributed by atoms with Crippen LogP contribution >= 0.6 is 22.9 Å². The van der Waals surface area contributed by atoms with E-state index in [1.807, 2.05) is 5.38 Å². The SMILES string of the molecule is Cc1ccc(-c2csc3nc(NC(=O)COc4ccc(Cl)cc4)nn23)c(C)c1. The molecule has 0 unspecified atom stereocenters. The quantitative estimate of drug-likeness (QED) is 0.513. The Morgan fingerprint density at radius 1 is 1.21 bits per heavy atom. The molecule has 0 spiro atoms. The minimum Gasteiger partial charge on any atom is -0.484 e. The Kier molecular flexibility index (Phi) is 5.02. The zero-order valence-corrected chi connectivity index (χ0v) is 16.8. The molecule has 4 rings (SSSR count). The van der Waals surface area contributed by atoms with Gasteiger partial charge in [0.1, 0.15) is 5.75 Å². The summed E-state index contributed by atoms with van der Waals surface area (Å²) in [5.74, 6) is 0.485. The summed E-state index contributed by atoms with van der Waals surface area (Å²) < 4.78 is 7.19. The molecule has 1 N–H and O–H groups in total. The number of aryl methyl sites for hydroxylation is 2. The number of rotatable bonds is 5. The van der Waals surface area contributed by atoms with E-state index in [0.29, 0.717) is 15.7 Å². The Bertz CT molecular complexity index is 1150. The van der Waals surface area contributed by atoms with E-state index in [2.05, 4.69) is 47.4 Å².